The zero-order valence-corrected chi connectivity index (χ0v) is 16.1. The van der Waals surface area contributed by atoms with Crippen LogP contribution in [0.2, 0.25) is 0 Å². The molecule has 1 N–H and O–H groups in total. The van der Waals surface area contributed by atoms with E-state index in [0.717, 1.165) is 4.88 Å². The Kier molecular flexibility index (Phi) is 5.45. The average molecular weight is 393 g/mol. The molecule has 0 atom stereocenters. The van der Waals surface area contributed by atoms with Gasteiger partial charge in [0.2, 0.25) is 15.8 Å². The van der Waals surface area contributed by atoms with Crippen LogP contribution in [-0.2, 0) is 21.2 Å². The van der Waals surface area contributed by atoms with Crippen LogP contribution in [0, 0.1) is 6.92 Å². The highest BCUT2D eigenvalue weighted by Crippen LogP contribution is 2.28. The molecule has 0 radical (unpaired) electrons. The molecule has 26 heavy (non-hydrogen) atoms. The Morgan fingerprint density at radius 1 is 1.31 bits per heavy atom. The molecular formula is C18H19NO5S2. The molecule has 2 aromatic heterocycles. The van der Waals surface area contributed by atoms with Crippen LogP contribution >= 0.6 is 11.3 Å². The van der Waals surface area contributed by atoms with E-state index in [1.54, 1.807) is 31.3 Å². The van der Waals surface area contributed by atoms with Crippen molar-refractivity contribution >= 4 is 38.3 Å². The zero-order valence-electron chi connectivity index (χ0n) is 14.4. The van der Waals surface area contributed by atoms with E-state index < -0.39 is 16.0 Å². The van der Waals surface area contributed by atoms with Crippen molar-refractivity contribution in [3.8, 4) is 0 Å². The third kappa shape index (κ3) is 3.82. The van der Waals surface area contributed by atoms with Gasteiger partial charge in [0.15, 0.2) is 0 Å². The summed E-state index contributed by atoms with van der Waals surface area (Å²) in [6, 6.07) is 8.44. The third-order valence-electron chi connectivity index (χ3n) is 3.92. The summed E-state index contributed by atoms with van der Waals surface area (Å²) in [6.07, 6.45) is 0.636. The highest BCUT2D eigenvalue weighted by molar-refractivity contribution is 7.89. The van der Waals surface area contributed by atoms with Gasteiger partial charge < -0.3 is 9.15 Å². The number of sulfonamides is 1. The van der Waals surface area contributed by atoms with Crippen LogP contribution in [0.5, 0.6) is 0 Å². The van der Waals surface area contributed by atoms with E-state index in [1.165, 1.54) is 12.1 Å². The second kappa shape index (κ2) is 7.61. The molecular weight excluding hydrogens is 374 g/mol. The third-order valence-corrected chi connectivity index (χ3v) is 6.32. The van der Waals surface area contributed by atoms with E-state index in [9.17, 15) is 13.2 Å². The van der Waals surface area contributed by atoms with Crippen LogP contribution in [0.15, 0.2) is 45.0 Å². The number of carbonyl (C=O) groups is 1. The van der Waals surface area contributed by atoms with Crippen LogP contribution < -0.4 is 4.72 Å². The molecule has 0 aliphatic heterocycles. The summed E-state index contributed by atoms with van der Waals surface area (Å²) in [5.41, 5.74) is 1.01. The van der Waals surface area contributed by atoms with Crippen molar-refractivity contribution in [2.45, 2.75) is 25.2 Å². The lowest BCUT2D eigenvalue weighted by Gasteiger charge is -2.06. The molecule has 2 heterocycles. The van der Waals surface area contributed by atoms with Crippen LogP contribution in [0.4, 0.5) is 0 Å². The number of nitrogens with one attached hydrogen (secondary N) is 1. The Bertz CT molecular complexity index is 1020. The molecule has 0 amide bonds. The van der Waals surface area contributed by atoms with Gasteiger partial charge in [-0.15, -0.1) is 11.3 Å². The smallest absolute Gasteiger partial charge is 0.374 e. The van der Waals surface area contributed by atoms with Crippen molar-refractivity contribution in [1.82, 2.24) is 4.72 Å². The minimum Gasteiger partial charge on any atom is -0.460 e. The minimum atomic E-state index is -3.65. The summed E-state index contributed by atoms with van der Waals surface area (Å²) in [6.45, 7) is 3.98. The van der Waals surface area contributed by atoms with Crippen molar-refractivity contribution in [3.63, 3.8) is 0 Å². The van der Waals surface area contributed by atoms with Crippen molar-refractivity contribution < 1.29 is 22.4 Å². The maximum absolute atomic E-state index is 12.5. The van der Waals surface area contributed by atoms with Crippen molar-refractivity contribution in [3.05, 3.63) is 51.9 Å². The molecule has 0 saturated heterocycles. The second-order valence-corrected chi connectivity index (χ2v) is 8.46. The number of rotatable bonds is 7. The predicted molar refractivity (Wildman–Crippen MR) is 100 cm³/mol. The Balaban J connectivity index is 1.83. The van der Waals surface area contributed by atoms with E-state index in [2.05, 4.69) is 4.72 Å². The minimum absolute atomic E-state index is 0.0991. The van der Waals surface area contributed by atoms with Gasteiger partial charge in [-0.25, -0.2) is 17.9 Å². The van der Waals surface area contributed by atoms with Crippen molar-refractivity contribution in [1.29, 1.82) is 0 Å². The fraction of sp³-hybridized carbons (Fsp3) is 0.278. The number of carbonyl (C=O) groups excluding carboxylic acids is 1. The van der Waals surface area contributed by atoms with Gasteiger partial charge in [-0.1, -0.05) is 6.07 Å². The molecule has 1 aromatic carbocycles. The first kappa shape index (κ1) is 18.6. The summed E-state index contributed by atoms with van der Waals surface area (Å²) in [7, 11) is -3.65. The van der Waals surface area contributed by atoms with Crippen molar-refractivity contribution in [2.75, 3.05) is 13.2 Å². The Morgan fingerprint density at radius 3 is 2.81 bits per heavy atom. The lowest BCUT2D eigenvalue weighted by molar-refractivity contribution is 0.0491. The molecule has 6 nitrogen and oxygen atoms in total. The molecule has 0 fully saturated rings. The summed E-state index contributed by atoms with van der Waals surface area (Å²) in [5, 5.41) is 2.54. The van der Waals surface area contributed by atoms with E-state index in [4.69, 9.17) is 9.15 Å². The molecule has 3 rings (SSSR count). The first-order chi connectivity index (χ1) is 12.4. The lowest BCUT2D eigenvalue weighted by Crippen LogP contribution is -2.25. The topological polar surface area (TPSA) is 85.6 Å². The van der Waals surface area contributed by atoms with Crippen LogP contribution in [0.3, 0.4) is 0 Å². The van der Waals surface area contributed by atoms with Crippen molar-refractivity contribution in [2.24, 2.45) is 0 Å². The Hall–Kier alpha value is -2.16. The fourth-order valence-electron chi connectivity index (χ4n) is 2.61. The number of aryl methyl sites for hydroxylation is 1. The van der Waals surface area contributed by atoms with Gasteiger partial charge in [0.05, 0.1) is 11.5 Å². The second-order valence-electron chi connectivity index (χ2n) is 5.66. The standard InChI is InChI=1S/C18H19NO5S2/c1-3-23-18(20)17-12(2)15-11-14(6-7-16(15)24-17)26(21,22)19-9-8-13-5-4-10-25-13/h4-7,10-11,19H,3,8-9H2,1-2H3. The van der Waals surface area contributed by atoms with Gasteiger partial charge in [-0.05, 0) is 49.9 Å². The molecule has 0 unspecified atom stereocenters. The number of ether oxygens (including phenoxy) is 1. The fourth-order valence-corrected chi connectivity index (χ4v) is 4.37. The predicted octanol–water partition coefficient (Wildman–Crippen LogP) is 3.50. The van der Waals surface area contributed by atoms with E-state index >= 15 is 0 Å². The quantitative estimate of drug-likeness (QED) is 0.621. The molecule has 138 valence electrons. The number of hydrogen-bond donors (Lipinski definition) is 1. The first-order valence-corrected chi connectivity index (χ1v) is 10.5. The number of esters is 1. The first-order valence-electron chi connectivity index (χ1n) is 8.14. The summed E-state index contributed by atoms with van der Waals surface area (Å²) in [4.78, 5) is 13.2. The monoisotopic (exact) mass is 393 g/mol. The van der Waals surface area contributed by atoms with Gasteiger partial charge in [0, 0.05) is 22.4 Å². The largest absolute Gasteiger partial charge is 0.460 e. The molecule has 0 aliphatic rings. The summed E-state index contributed by atoms with van der Waals surface area (Å²) >= 11 is 1.59. The van der Waals surface area contributed by atoms with E-state index in [0.29, 0.717) is 29.5 Å². The average Bonchev–Trinajstić information content (AvgIpc) is 3.23. The van der Waals surface area contributed by atoms with Gasteiger partial charge >= 0.3 is 5.97 Å². The van der Waals surface area contributed by atoms with Crippen LogP contribution in [0.25, 0.3) is 11.0 Å². The Labute approximate surface area is 155 Å². The highest BCUT2D eigenvalue weighted by atomic mass is 32.2. The van der Waals surface area contributed by atoms with Gasteiger partial charge in [0.25, 0.3) is 0 Å². The Morgan fingerprint density at radius 2 is 2.12 bits per heavy atom. The molecule has 3 aromatic rings. The summed E-state index contributed by atoms with van der Waals surface area (Å²) < 4.78 is 38.1. The van der Waals surface area contributed by atoms with Gasteiger partial charge in [0.1, 0.15) is 5.58 Å². The number of hydrogen-bond acceptors (Lipinski definition) is 6. The molecule has 0 saturated carbocycles. The van der Waals surface area contributed by atoms with E-state index in [-0.39, 0.29) is 17.3 Å². The number of thiophene rings is 1. The molecule has 0 spiro atoms. The molecule has 0 aliphatic carbocycles. The van der Waals surface area contributed by atoms with Gasteiger partial charge in [-0.2, -0.15) is 0 Å². The zero-order chi connectivity index (χ0) is 18.7. The number of fused-ring (bicyclic) bond motifs is 1. The molecule has 0 bridgehead atoms. The molecule has 8 heteroatoms. The van der Waals surface area contributed by atoms with Crippen LogP contribution in [-0.4, -0.2) is 27.5 Å². The number of benzene rings is 1. The lowest BCUT2D eigenvalue weighted by atomic mass is 10.1. The number of furan rings is 1. The van der Waals surface area contributed by atoms with E-state index in [1.807, 2.05) is 17.5 Å². The SMILES string of the molecule is CCOC(=O)c1oc2ccc(S(=O)(=O)NCCc3cccs3)cc2c1C. The van der Waals surface area contributed by atoms with Gasteiger partial charge in [-0.3, -0.25) is 0 Å². The maximum Gasteiger partial charge on any atom is 0.374 e. The summed E-state index contributed by atoms with van der Waals surface area (Å²) in [5.74, 6) is -0.457. The highest BCUT2D eigenvalue weighted by Gasteiger charge is 2.21. The maximum atomic E-state index is 12.5. The van der Waals surface area contributed by atoms with Crippen LogP contribution in [0.1, 0.15) is 27.9 Å². The normalized spacial score (nSPS) is 11.8.